The predicted molar refractivity (Wildman–Crippen MR) is 90.0 cm³/mol. The van der Waals surface area contributed by atoms with E-state index in [9.17, 15) is 9.90 Å². The maximum atomic E-state index is 11.5. The maximum Gasteiger partial charge on any atom is 0.251 e. The van der Waals surface area contributed by atoms with Crippen molar-refractivity contribution in [3.63, 3.8) is 0 Å². The second kappa shape index (κ2) is 8.08. The van der Waals surface area contributed by atoms with E-state index in [1.54, 1.807) is 18.4 Å². The van der Waals surface area contributed by atoms with Crippen LogP contribution in [0.1, 0.15) is 40.2 Å². The summed E-state index contributed by atoms with van der Waals surface area (Å²) in [6.07, 6.45) is 0.259. The van der Waals surface area contributed by atoms with Gasteiger partial charge in [0.25, 0.3) is 5.91 Å². The first-order valence-electron chi connectivity index (χ1n) is 7.36. The lowest BCUT2D eigenvalue weighted by Crippen LogP contribution is -2.27. The molecule has 1 aromatic heterocycles. The summed E-state index contributed by atoms with van der Waals surface area (Å²) in [6, 6.07) is 11.6. The average Bonchev–Trinajstić information content (AvgIpc) is 3.07. The highest BCUT2D eigenvalue weighted by Crippen LogP contribution is 2.22. The molecular weight excluding hydrogens is 296 g/mol. The van der Waals surface area contributed by atoms with Crippen LogP contribution in [0.25, 0.3) is 0 Å². The van der Waals surface area contributed by atoms with Crippen LogP contribution in [-0.2, 0) is 6.54 Å². The molecule has 2 atom stereocenters. The average molecular weight is 318 g/mol. The predicted octanol–water partition coefficient (Wildman–Crippen LogP) is 2.71. The number of thiophene rings is 1. The van der Waals surface area contributed by atoms with Crippen molar-refractivity contribution in [2.24, 2.45) is 0 Å². The van der Waals surface area contributed by atoms with Gasteiger partial charge in [-0.2, -0.15) is 0 Å². The summed E-state index contributed by atoms with van der Waals surface area (Å²) in [5.41, 5.74) is 1.78. The standard InChI is InChI=1S/C17H22N2O2S/c1-12(10-15(20)16-4-3-9-22-16)19-11-13-5-7-14(8-6-13)17(21)18-2/h3-9,12,15,19-20H,10-11H2,1-2H3,(H,18,21). The highest BCUT2D eigenvalue weighted by atomic mass is 32.1. The van der Waals surface area contributed by atoms with Gasteiger partial charge in [-0.25, -0.2) is 0 Å². The molecule has 0 bridgehead atoms. The molecule has 0 radical (unpaired) electrons. The second-order valence-corrected chi connectivity index (χ2v) is 6.30. The summed E-state index contributed by atoms with van der Waals surface area (Å²) >= 11 is 1.58. The zero-order chi connectivity index (χ0) is 15.9. The molecule has 22 heavy (non-hydrogen) atoms. The maximum absolute atomic E-state index is 11.5. The molecule has 0 aliphatic heterocycles. The number of amides is 1. The Bertz CT molecular complexity index is 581. The van der Waals surface area contributed by atoms with Crippen molar-refractivity contribution in [1.29, 1.82) is 0 Å². The van der Waals surface area contributed by atoms with E-state index >= 15 is 0 Å². The molecule has 2 rings (SSSR count). The number of benzene rings is 1. The molecule has 1 heterocycles. The van der Waals surface area contributed by atoms with E-state index in [1.807, 2.05) is 41.8 Å². The van der Waals surface area contributed by atoms with Crippen molar-refractivity contribution in [3.8, 4) is 0 Å². The van der Waals surface area contributed by atoms with Crippen LogP contribution in [0.15, 0.2) is 41.8 Å². The lowest BCUT2D eigenvalue weighted by atomic mass is 10.1. The number of carbonyl (C=O) groups excluding carboxylic acids is 1. The summed E-state index contributed by atoms with van der Waals surface area (Å²) in [6.45, 7) is 2.78. The summed E-state index contributed by atoms with van der Waals surface area (Å²) in [7, 11) is 1.62. The van der Waals surface area contributed by atoms with Crippen LogP contribution in [0.5, 0.6) is 0 Å². The zero-order valence-corrected chi connectivity index (χ0v) is 13.7. The fraction of sp³-hybridized carbons (Fsp3) is 0.353. The molecule has 0 aliphatic carbocycles. The molecule has 2 unspecified atom stereocenters. The van der Waals surface area contributed by atoms with Gasteiger partial charge in [-0.15, -0.1) is 11.3 Å². The monoisotopic (exact) mass is 318 g/mol. The van der Waals surface area contributed by atoms with Crippen LogP contribution in [0.4, 0.5) is 0 Å². The summed E-state index contributed by atoms with van der Waals surface area (Å²) in [4.78, 5) is 12.5. The minimum atomic E-state index is -0.418. The van der Waals surface area contributed by atoms with Crippen LogP contribution in [-0.4, -0.2) is 24.1 Å². The van der Waals surface area contributed by atoms with Gasteiger partial charge < -0.3 is 15.7 Å². The SMILES string of the molecule is CNC(=O)c1ccc(CNC(C)CC(O)c2cccs2)cc1. The highest BCUT2D eigenvalue weighted by Gasteiger charge is 2.13. The smallest absolute Gasteiger partial charge is 0.251 e. The summed E-state index contributed by atoms with van der Waals surface area (Å²) in [5, 5.41) is 18.1. The largest absolute Gasteiger partial charge is 0.388 e. The van der Waals surface area contributed by atoms with Crippen LogP contribution in [0.2, 0.25) is 0 Å². The molecule has 1 aromatic carbocycles. The Morgan fingerprint density at radius 3 is 2.59 bits per heavy atom. The fourth-order valence-corrected chi connectivity index (χ4v) is 2.95. The number of hydrogen-bond donors (Lipinski definition) is 3. The number of hydrogen-bond acceptors (Lipinski definition) is 4. The van der Waals surface area contributed by atoms with E-state index in [1.165, 1.54) is 0 Å². The van der Waals surface area contributed by atoms with E-state index in [0.29, 0.717) is 18.5 Å². The molecule has 1 amide bonds. The van der Waals surface area contributed by atoms with E-state index in [0.717, 1.165) is 10.4 Å². The minimum Gasteiger partial charge on any atom is -0.388 e. The normalized spacial score (nSPS) is 13.6. The van der Waals surface area contributed by atoms with Gasteiger partial charge in [0.05, 0.1) is 6.10 Å². The third-order valence-corrected chi connectivity index (χ3v) is 4.52. The molecule has 0 spiro atoms. The van der Waals surface area contributed by atoms with Gasteiger partial charge >= 0.3 is 0 Å². The molecule has 4 nitrogen and oxygen atoms in total. The third kappa shape index (κ3) is 4.66. The lowest BCUT2D eigenvalue weighted by molar-refractivity contribution is 0.0963. The Kier molecular flexibility index (Phi) is 6.12. The Balaban J connectivity index is 1.80. The molecule has 3 N–H and O–H groups in total. The quantitative estimate of drug-likeness (QED) is 0.735. The van der Waals surface area contributed by atoms with Crippen molar-refractivity contribution in [3.05, 3.63) is 57.8 Å². The van der Waals surface area contributed by atoms with Gasteiger partial charge in [0, 0.05) is 30.1 Å². The lowest BCUT2D eigenvalue weighted by Gasteiger charge is -2.17. The van der Waals surface area contributed by atoms with Gasteiger partial charge in [0.2, 0.25) is 0 Å². The molecule has 118 valence electrons. The first-order valence-corrected chi connectivity index (χ1v) is 8.24. The van der Waals surface area contributed by atoms with Crippen LogP contribution in [0.3, 0.4) is 0 Å². The van der Waals surface area contributed by atoms with Crippen molar-refractivity contribution in [2.75, 3.05) is 7.05 Å². The van der Waals surface area contributed by atoms with Gasteiger partial charge in [0.1, 0.15) is 0 Å². The van der Waals surface area contributed by atoms with E-state index in [4.69, 9.17) is 0 Å². The first kappa shape index (κ1) is 16.7. The number of nitrogens with one attached hydrogen (secondary N) is 2. The third-order valence-electron chi connectivity index (χ3n) is 3.55. The zero-order valence-electron chi connectivity index (χ0n) is 12.9. The number of aliphatic hydroxyl groups is 1. The summed E-state index contributed by atoms with van der Waals surface area (Å²) < 4.78 is 0. The van der Waals surface area contributed by atoms with Crippen molar-refractivity contribution >= 4 is 17.2 Å². The number of carbonyl (C=O) groups is 1. The van der Waals surface area contributed by atoms with Gasteiger partial charge in [-0.05, 0) is 42.5 Å². The second-order valence-electron chi connectivity index (χ2n) is 5.32. The number of rotatable bonds is 7. The highest BCUT2D eigenvalue weighted by molar-refractivity contribution is 7.10. The Morgan fingerprint density at radius 2 is 2.00 bits per heavy atom. The Hall–Kier alpha value is -1.69. The van der Waals surface area contributed by atoms with Crippen LogP contribution in [0, 0.1) is 0 Å². The first-order chi connectivity index (χ1) is 10.6. The molecule has 0 saturated heterocycles. The van der Waals surface area contributed by atoms with Crippen molar-refractivity contribution in [1.82, 2.24) is 10.6 Å². The minimum absolute atomic E-state index is 0.0769. The molecule has 2 aromatic rings. The van der Waals surface area contributed by atoms with E-state index in [-0.39, 0.29) is 11.9 Å². The Labute approximate surface area is 135 Å². The number of aliphatic hydroxyl groups excluding tert-OH is 1. The molecule has 5 heteroatoms. The van der Waals surface area contributed by atoms with E-state index in [2.05, 4.69) is 17.6 Å². The molecule has 0 aliphatic rings. The van der Waals surface area contributed by atoms with Crippen LogP contribution < -0.4 is 10.6 Å². The van der Waals surface area contributed by atoms with Gasteiger partial charge in [0.15, 0.2) is 0 Å². The summed E-state index contributed by atoms with van der Waals surface area (Å²) in [5.74, 6) is -0.0769. The molecular formula is C17H22N2O2S. The van der Waals surface area contributed by atoms with Crippen molar-refractivity contribution < 1.29 is 9.90 Å². The van der Waals surface area contributed by atoms with Gasteiger partial charge in [-0.3, -0.25) is 4.79 Å². The molecule has 0 saturated carbocycles. The fourth-order valence-electron chi connectivity index (χ4n) is 2.23. The van der Waals surface area contributed by atoms with Crippen LogP contribution >= 0.6 is 11.3 Å². The molecule has 0 fully saturated rings. The van der Waals surface area contributed by atoms with Gasteiger partial charge in [-0.1, -0.05) is 18.2 Å². The van der Waals surface area contributed by atoms with Crippen molar-refractivity contribution in [2.45, 2.75) is 32.0 Å². The Morgan fingerprint density at radius 1 is 1.27 bits per heavy atom. The topological polar surface area (TPSA) is 61.4 Å². The van der Waals surface area contributed by atoms with E-state index < -0.39 is 6.10 Å².